The van der Waals surface area contributed by atoms with Gasteiger partial charge in [-0.2, -0.15) is 0 Å². The number of benzene rings is 3. The third-order valence-electron chi connectivity index (χ3n) is 6.57. The van der Waals surface area contributed by atoms with E-state index in [1.165, 1.54) is 22.8 Å². The number of fused-ring (bicyclic) bond motifs is 1. The van der Waals surface area contributed by atoms with Gasteiger partial charge in [0, 0.05) is 27.7 Å². The van der Waals surface area contributed by atoms with Crippen LogP contribution in [0, 0.1) is 10.1 Å². The van der Waals surface area contributed by atoms with Crippen molar-refractivity contribution in [1.82, 2.24) is 4.57 Å². The van der Waals surface area contributed by atoms with Crippen LogP contribution in [-0.4, -0.2) is 22.1 Å². The maximum absolute atomic E-state index is 14.0. The lowest BCUT2D eigenvalue weighted by Crippen LogP contribution is -2.40. The molecule has 0 N–H and O–H groups in total. The highest BCUT2D eigenvalue weighted by Gasteiger charge is 2.34. The van der Waals surface area contributed by atoms with Crippen LogP contribution in [-0.2, 0) is 16.1 Å². The number of hydrogen-bond acceptors (Lipinski definition) is 8. The minimum atomic E-state index is -0.869. The number of nitrogens with zero attached hydrogens (tertiary/aromatic N) is 3. The first-order valence-corrected chi connectivity index (χ1v) is 14.8. The van der Waals surface area contributed by atoms with Crippen molar-refractivity contribution in [3.05, 3.63) is 133 Å². The molecule has 220 valence electrons. The van der Waals surface area contributed by atoms with Gasteiger partial charge in [-0.1, -0.05) is 64.3 Å². The van der Waals surface area contributed by atoms with Gasteiger partial charge in [-0.05, 0) is 61.4 Å². The van der Waals surface area contributed by atoms with Crippen molar-refractivity contribution in [2.45, 2.75) is 26.5 Å². The standard InChI is InChI=1S/C30H22Cl3N3O6S/c1-3-41-29(38)25-16(2)34-30-35(26(25)21-6-4-5-7-22(21)32)28(37)24(43-30)13-18-12-19(31)14-23(33)27(18)42-15-17-8-10-20(11-9-17)36(39)40/h4-14,26H,3,15H2,1-2H3/b24-13-/t26-/m1/s1. The lowest BCUT2D eigenvalue weighted by Gasteiger charge is -2.25. The van der Waals surface area contributed by atoms with Crippen molar-refractivity contribution >= 4 is 63.9 Å². The van der Waals surface area contributed by atoms with Gasteiger partial charge in [-0.3, -0.25) is 19.5 Å². The molecule has 0 radical (unpaired) electrons. The second kappa shape index (κ2) is 12.7. The Hall–Kier alpha value is -3.96. The number of carbonyl (C=O) groups excluding carboxylic acids is 1. The Morgan fingerprint density at radius 3 is 2.51 bits per heavy atom. The largest absolute Gasteiger partial charge is 0.487 e. The number of ether oxygens (including phenoxy) is 2. The molecule has 1 aromatic heterocycles. The number of thiazole rings is 1. The number of halogens is 3. The van der Waals surface area contributed by atoms with Crippen LogP contribution in [0.25, 0.3) is 6.08 Å². The van der Waals surface area contributed by atoms with Crippen LogP contribution in [0.5, 0.6) is 5.75 Å². The summed E-state index contributed by atoms with van der Waals surface area (Å²) in [6.07, 6.45) is 1.60. The molecule has 0 saturated carbocycles. The Bertz CT molecular complexity index is 1970. The maximum Gasteiger partial charge on any atom is 0.338 e. The highest BCUT2D eigenvalue weighted by molar-refractivity contribution is 7.07. The average molecular weight is 659 g/mol. The van der Waals surface area contributed by atoms with E-state index in [1.807, 2.05) is 0 Å². The summed E-state index contributed by atoms with van der Waals surface area (Å²) in [7, 11) is 0. The summed E-state index contributed by atoms with van der Waals surface area (Å²) in [5, 5.41) is 11.9. The molecule has 0 spiro atoms. The van der Waals surface area contributed by atoms with E-state index in [4.69, 9.17) is 44.3 Å². The van der Waals surface area contributed by atoms with E-state index in [2.05, 4.69) is 4.99 Å². The predicted octanol–water partition coefficient (Wildman–Crippen LogP) is 6.25. The number of hydrogen-bond donors (Lipinski definition) is 0. The molecule has 1 aliphatic rings. The molecule has 5 rings (SSSR count). The first-order chi connectivity index (χ1) is 20.6. The first kappa shape index (κ1) is 30.5. The zero-order chi connectivity index (χ0) is 30.8. The number of aromatic nitrogens is 1. The van der Waals surface area contributed by atoms with Crippen LogP contribution in [0.4, 0.5) is 5.69 Å². The maximum atomic E-state index is 14.0. The van der Waals surface area contributed by atoms with E-state index in [0.29, 0.717) is 37.2 Å². The van der Waals surface area contributed by atoms with Crippen molar-refractivity contribution in [2.75, 3.05) is 6.61 Å². The minimum absolute atomic E-state index is 0.0409. The number of carbonyl (C=O) groups is 1. The van der Waals surface area contributed by atoms with Gasteiger partial charge in [0.05, 0.1) is 32.4 Å². The molecule has 4 aromatic rings. The number of rotatable bonds is 8. The van der Waals surface area contributed by atoms with E-state index >= 15 is 0 Å². The molecule has 1 aliphatic heterocycles. The number of non-ortho nitro benzene ring substituents is 1. The van der Waals surface area contributed by atoms with Gasteiger partial charge in [-0.25, -0.2) is 9.79 Å². The smallest absolute Gasteiger partial charge is 0.338 e. The van der Waals surface area contributed by atoms with E-state index in [9.17, 15) is 19.7 Å². The van der Waals surface area contributed by atoms with Gasteiger partial charge in [-0.15, -0.1) is 0 Å². The quantitative estimate of drug-likeness (QED) is 0.126. The summed E-state index contributed by atoms with van der Waals surface area (Å²) in [6.45, 7) is 3.59. The molecule has 0 unspecified atom stereocenters. The topological polar surface area (TPSA) is 113 Å². The third-order valence-corrected chi connectivity index (χ3v) is 8.40. The Labute approximate surface area is 264 Å². The second-order valence-electron chi connectivity index (χ2n) is 9.34. The Kier molecular flexibility index (Phi) is 9.03. The van der Waals surface area contributed by atoms with E-state index in [1.54, 1.807) is 62.4 Å². The molecule has 0 amide bonds. The average Bonchev–Trinajstić information content (AvgIpc) is 3.26. The van der Waals surface area contributed by atoms with Crippen LogP contribution in [0.3, 0.4) is 0 Å². The molecule has 9 nitrogen and oxygen atoms in total. The number of esters is 1. The zero-order valence-electron chi connectivity index (χ0n) is 22.7. The molecule has 1 atom stereocenters. The van der Waals surface area contributed by atoms with Crippen molar-refractivity contribution in [3.63, 3.8) is 0 Å². The minimum Gasteiger partial charge on any atom is -0.487 e. The molecule has 43 heavy (non-hydrogen) atoms. The fourth-order valence-electron chi connectivity index (χ4n) is 4.63. The number of allylic oxidation sites excluding steroid dienone is 1. The van der Waals surface area contributed by atoms with Gasteiger partial charge in [0.25, 0.3) is 11.2 Å². The highest BCUT2D eigenvalue weighted by atomic mass is 35.5. The highest BCUT2D eigenvalue weighted by Crippen LogP contribution is 2.35. The Morgan fingerprint density at radius 2 is 1.84 bits per heavy atom. The molecule has 0 aliphatic carbocycles. The molecule has 0 bridgehead atoms. The summed E-state index contributed by atoms with van der Waals surface area (Å²) in [6, 6.07) is 15.2. The van der Waals surface area contributed by atoms with Crippen molar-refractivity contribution in [2.24, 2.45) is 4.99 Å². The molecule has 3 aromatic carbocycles. The number of nitro benzene ring substituents is 1. The van der Waals surface area contributed by atoms with Crippen LogP contribution < -0.4 is 19.6 Å². The lowest BCUT2D eigenvalue weighted by molar-refractivity contribution is -0.384. The van der Waals surface area contributed by atoms with Crippen LogP contribution in [0.2, 0.25) is 15.1 Å². The van der Waals surface area contributed by atoms with Gasteiger partial charge in [0.1, 0.15) is 18.4 Å². The Morgan fingerprint density at radius 1 is 1.12 bits per heavy atom. The summed E-state index contributed by atoms with van der Waals surface area (Å²) < 4.78 is 13.1. The molecule has 2 heterocycles. The van der Waals surface area contributed by atoms with Gasteiger partial charge < -0.3 is 9.47 Å². The number of nitro groups is 1. The van der Waals surface area contributed by atoms with Crippen molar-refractivity contribution in [1.29, 1.82) is 0 Å². The van der Waals surface area contributed by atoms with Gasteiger partial charge in [0.15, 0.2) is 4.80 Å². The second-order valence-corrected chi connectivity index (χ2v) is 11.6. The molecular weight excluding hydrogens is 637 g/mol. The fourth-order valence-corrected chi connectivity index (χ4v) is 6.47. The first-order valence-electron chi connectivity index (χ1n) is 12.9. The van der Waals surface area contributed by atoms with E-state index < -0.39 is 22.5 Å². The monoisotopic (exact) mass is 657 g/mol. The lowest BCUT2D eigenvalue weighted by atomic mass is 9.96. The summed E-state index contributed by atoms with van der Waals surface area (Å²) >= 11 is 20.5. The molecule has 0 saturated heterocycles. The third kappa shape index (κ3) is 6.23. The van der Waals surface area contributed by atoms with Gasteiger partial charge >= 0.3 is 5.97 Å². The van der Waals surface area contributed by atoms with E-state index in [-0.39, 0.29) is 39.8 Å². The van der Waals surface area contributed by atoms with Crippen molar-refractivity contribution in [3.8, 4) is 5.75 Å². The van der Waals surface area contributed by atoms with Gasteiger partial charge in [0.2, 0.25) is 0 Å². The normalized spacial score (nSPS) is 14.7. The predicted molar refractivity (Wildman–Crippen MR) is 166 cm³/mol. The summed E-state index contributed by atoms with van der Waals surface area (Å²) in [5.41, 5.74) is 1.82. The molecule has 0 fully saturated rings. The Balaban J connectivity index is 1.62. The van der Waals surface area contributed by atoms with Crippen LogP contribution in [0.15, 0.2) is 81.7 Å². The van der Waals surface area contributed by atoms with E-state index in [0.717, 1.165) is 11.3 Å². The molecular formula is C30H22Cl3N3O6S. The van der Waals surface area contributed by atoms with Crippen LogP contribution in [0.1, 0.15) is 36.6 Å². The summed E-state index contributed by atoms with van der Waals surface area (Å²) in [4.78, 5) is 42.5. The SMILES string of the molecule is CCOC(=O)C1=C(C)N=c2s/c(=C\c3cc(Cl)cc(Cl)c3OCc3ccc([N+](=O)[O-])cc3)c(=O)n2[C@@H]1c1ccccc1Cl. The zero-order valence-corrected chi connectivity index (χ0v) is 25.8. The van der Waals surface area contributed by atoms with Crippen LogP contribution >= 0.6 is 46.1 Å². The summed E-state index contributed by atoms with van der Waals surface area (Å²) in [5.74, 6) is -0.326. The van der Waals surface area contributed by atoms with Crippen molar-refractivity contribution < 1.29 is 19.2 Å². The molecule has 13 heteroatoms. The fraction of sp³-hybridized carbons (Fsp3) is 0.167.